The van der Waals surface area contributed by atoms with Gasteiger partial charge in [0.05, 0.1) is 148 Å². The third kappa shape index (κ3) is 26.7. The van der Waals surface area contributed by atoms with Crippen LogP contribution in [-0.4, -0.2) is 270 Å². The lowest BCUT2D eigenvalue weighted by Gasteiger charge is -2.38. The van der Waals surface area contributed by atoms with Crippen LogP contribution in [0.5, 0.6) is 0 Å². The first-order valence-electron chi connectivity index (χ1n) is 37.0. The van der Waals surface area contributed by atoms with Gasteiger partial charge in [-0.2, -0.15) is 39.5 Å². The van der Waals surface area contributed by atoms with Gasteiger partial charge < -0.3 is 74.1 Å². The molecule has 0 aromatic heterocycles. The summed E-state index contributed by atoms with van der Waals surface area (Å²) in [5.74, 6) is 0. The normalized spacial score (nSPS) is 17.1. The molecule has 3 atom stereocenters. The molecular formula is C78H102F9N9O11S3. The number of β-amino-alcohol motifs (C(OH)–C–C–N with tert-alkyl or cyclic N) is 3. The first-order valence-corrected chi connectivity index (χ1v) is 39.5. The highest BCUT2D eigenvalue weighted by Gasteiger charge is 2.38. The summed E-state index contributed by atoms with van der Waals surface area (Å²) >= 11 is 4.33. The molecule has 6 aromatic carbocycles. The molecule has 110 heavy (non-hydrogen) atoms. The van der Waals surface area contributed by atoms with Crippen molar-refractivity contribution in [1.82, 2.24) is 29.8 Å². The molecular weight excluding hydrogens is 1510 g/mol. The average molecular weight is 1610 g/mol. The second-order valence-corrected chi connectivity index (χ2v) is 31.2. The summed E-state index contributed by atoms with van der Waals surface area (Å²) in [5, 5.41) is 52.9. The topological polar surface area (TPSA) is 202 Å². The van der Waals surface area contributed by atoms with Crippen molar-refractivity contribution in [3.8, 4) is 0 Å². The Morgan fingerprint density at radius 2 is 0.727 bits per heavy atom. The Hall–Kier alpha value is -6.15. The molecule has 32 heteroatoms. The zero-order valence-electron chi connectivity index (χ0n) is 62.5. The van der Waals surface area contributed by atoms with E-state index in [9.17, 15) is 59.6 Å². The summed E-state index contributed by atoms with van der Waals surface area (Å²) in [7, 11) is 0. The number of halogens is 9. The molecule has 20 nitrogen and oxygen atoms in total. The molecule has 3 unspecified atom stereocenters. The van der Waals surface area contributed by atoms with Gasteiger partial charge in [-0.3, -0.25) is 19.6 Å². The number of fused-ring (bicyclic) bond motifs is 6. The zero-order valence-corrected chi connectivity index (χ0v) is 64.9. The first-order chi connectivity index (χ1) is 52.6. The standard InChI is InChI=1S/C26H34F3N3O4S.C25H30F3N3O3S.C20H22F3N3OS.C7H16O3/c27-26(28,29)20-5-6-25-23(17-20)32(22-3-1-2-4-24(22)37-25)19-21(34)18-31-9-7-30(8-10-31)11-13-35-15-16-36-14-12-33;1-24(2,3)34-23(33)30-12-10-29(11-13-30)15-18(32)16-31-19-6-4-5-7-21(19)35-22-9-8-17(14-20(22)31)25(26,27)28;21-20(22,23)14-5-6-19-17(11-14)26(16-3-1-2-4-18(16)28-19)13-15(27)12-25-9-7-24-8-10-25;1-2-4-9-6-7-10-5-3-8/h1-6,17,21,33-34H,7-16,18-19H2;4-9,14,18,32H,10-13,15-16H2,1-3H3;1-6,11,15,24,27H,7-10,12-13H2;8H,2-7H2,1H3. The Labute approximate surface area is 650 Å². The fourth-order valence-electron chi connectivity index (χ4n) is 12.9. The first kappa shape index (κ1) is 87.8. The third-order valence-corrected chi connectivity index (χ3v) is 21.7. The van der Waals surface area contributed by atoms with Crippen LogP contribution in [0.3, 0.4) is 0 Å². The van der Waals surface area contributed by atoms with Crippen LogP contribution in [0.15, 0.2) is 157 Å². The minimum absolute atomic E-state index is 0.00957. The molecule has 6 aromatic rings. The molecule has 6 heterocycles. The Balaban J connectivity index is 0.000000180. The molecule has 0 radical (unpaired) electrons. The van der Waals surface area contributed by atoms with Crippen molar-refractivity contribution in [2.45, 2.75) is 106 Å². The number of ether oxygens (including phenoxy) is 5. The number of nitrogens with zero attached hydrogens (tertiary/aromatic N) is 8. The minimum Gasteiger partial charge on any atom is -0.444 e. The number of para-hydroxylation sites is 3. The number of rotatable bonds is 27. The van der Waals surface area contributed by atoms with Crippen molar-refractivity contribution in [1.29, 1.82) is 0 Å². The van der Waals surface area contributed by atoms with Gasteiger partial charge in [-0.15, -0.1) is 0 Å². The lowest BCUT2D eigenvalue weighted by Crippen LogP contribution is -2.52. The van der Waals surface area contributed by atoms with E-state index in [0.29, 0.717) is 109 Å². The van der Waals surface area contributed by atoms with E-state index < -0.39 is 59.1 Å². The maximum absolute atomic E-state index is 13.4. The van der Waals surface area contributed by atoms with Crippen molar-refractivity contribution in [2.24, 2.45) is 0 Å². The van der Waals surface area contributed by atoms with E-state index >= 15 is 0 Å². The zero-order chi connectivity index (χ0) is 79.0. The molecule has 0 spiro atoms. The number of hydrogen-bond acceptors (Lipinski definition) is 22. The van der Waals surface area contributed by atoms with E-state index in [0.717, 1.165) is 143 Å². The van der Waals surface area contributed by atoms with Crippen LogP contribution in [0, 0.1) is 0 Å². The SMILES string of the molecule is CC(C)(C)OC(=O)N1CCN(CC(O)CN2c3ccccc3Sc3ccc(C(F)(F)F)cc32)CC1.CCCOCCOCCO.OC(CN1CCNCC1)CN1c2ccccc2Sc2ccc(C(F)(F)F)cc21.OCCOCCOCCN1CCN(CC(O)CN2c3ccccc3Sc3ccc(C(F)(F)F)cc32)CC1. The van der Waals surface area contributed by atoms with Crippen LogP contribution in [0.2, 0.25) is 0 Å². The highest BCUT2D eigenvalue weighted by Crippen LogP contribution is 2.53. The van der Waals surface area contributed by atoms with E-state index in [4.69, 9.17) is 33.9 Å². The van der Waals surface area contributed by atoms with Crippen LogP contribution in [0.1, 0.15) is 50.8 Å². The van der Waals surface area contributed by atoms with Gasteiger partial charge in [0.2, 0.25) is 0 Å². The molecule has 6 aliphatic heterocycles. The van der Waals surface area contributed by atoms with E-state index in [2.05, 4.69) is 31.8 Å². The molecule has 0 aliphatic carbocycles. The van der Waals surface area contributed by atoms with Gasteiger partial charge in [-0.1, -0.05) is 78.6 Å². The molecule has 1 amide bonds. The van der Waals surface area contributed by atoms with Gasteiger partial charge in [0.15, 0.2) is 0 Å². The monoisotopic (exact) mass is 1610 g/mol. The van der Waals surface area contributed by atoms with Crippen LogP contribution < -0.4 is 20.0 Å². The molecule has 12 rings (SSSR count). The van der Waals surface area contributed by atoms with E-state index in [1.807, 2.05) is 103 Å². The Morgan fingerprint density at radius 1 is 0.409 bits per heavy atom. The Morgan fingerprint density at radius 3 is 1.07 bits per heavy atom. The fourth-order valence-corrected chi connectivity index (χ4v) is 16.2. The maximum atomic E-state index is 13.4. The van der Waals surface area contributed by atoms with E-state index in [1.54, 1.807) is 9.80 Å². The van der Waals surface area contributed by atoms with Gasteiger partial charge in [0.25, 0.3) is 0 Å². The summed E-state index contributed by atoms with van der Waals surface area (Å²) in [6, 6.07) is 34.1. The quantitative estimate of drug-likeness (QED) is 0.0210. The second kappa shape index (κ2) is 42.3. The van der Waals surface area contributed by atoms with Gasteiger partial charge >= 0.3 is 24.6 Å². The number of carbonyl (C=O) groups is 1. The molecule has 0 bridgehead atoms. The van der Waals surface area contributed by atoms with Gasteiger partial charge in [0.1, 0.15) is 5.60 Å². The van der Waals surface area contributed by atoms with Crippen molar-refractivity contribution in [3.63, 3.8) is 0 Å². The molecule has 3 saturated heterocycles. The molecule has 6 N–H and O–H groups in total. The lowest BCUT2D eigenvalue weighted by molar-refractivity contribution is -0.138. The Kier molecular flexibility index (Phi) is 33.8. The van der Waals surface area contributed by atoms with E-state index in [1.165, 1.54) is 65.6 Å². The van der Waals surface area contributed by atoms with Crippen molar-refractivity contribution in [3.05, 3.63) is 144 Å². The summed E-state index contributed by atoms with van der Waals surface area (Å²) in [6.07, 6.45) is -14.8. The molecule has 606 valence electrons. The third-order valence-electron chi connectivity index (χ3n) is 18.3. The number of anilines is 6. The largest absolute Gasteiger partial charge is 0.444 e. The van der Waals surface area contributed by atoms with Gasteiger partial charge in [-0.25, -0.2) is 4.79 Å². The number of hydrogen-bond donors (Lipinski definition) is 6. The number of aliphatic hydroxyl groups excluding tert-OH is 5. The molecule has 3 fully saturated rings. The summed E-state index contributed by atoms with van der Waals surface area (Å²) in [4.78, 5) is 33.2. The minimum atomic E-state index is -4.45. The van der Waals surface area contributed by atoms with E-state index in [-0.39, 0.29) is 38.9 Å². The van der Waals surface area contributed by atoms with Gasteiger partial charge in [0, 0.05) is 141 Å². The van der Waals surface area contributed by atoms with Gasteiger partial charge in [-0.05, 0) is 118 Å². The lowest BCUT2D eigenvalue weighted by atomic mass is 10.1. The van der Waals surface area contributed by atoms with Crippen LogP contribution in [-0.2, 0) is 42.2 Å². The number of piperazine rings is 3. The smallest absolute Gasteiger partial charge is 0.416 e. The van der Waals surface area contributed by atoms with Crippen LogP contribution in [0.4, 0.5) is 78.4 Å². The predicted molar refractivity (Wildman–Crippen MR) is 409 cm³/mol. The number of alkyl halides is 9. The summed E-state index contributed by atoms with van der Waals surface area (Å²) in [5.41, 5.74) is 1.20. The van der Waals surface area contributed by atoms with Crippen LogP contribution in [0.25, 0.3) is 0 Å². The van der Waals surface area contributed by atoms with Crippen molar-refractivity contribution in [2.75, 3.05) is 205 Å². The number of benzene rings is 6. The fraction of sp³-hybridized carbons (Fsp3) is 0.526. The highest BCUT2D eigenvalue weighted by atomic mass is 32.2. The van der Waals surface area contributed by atoms with Crippen molar-refractivity contribution < 1.29 is 93.5 Å². The highest BCUT2D eigenvalue weighted by molar-refractivity contribution is 8.00. The average Bonchev–Trinajstić information content (AvgIpc) is 0.775. The number of nitrogens with one attached hydrogen (secondary N) is 1. The summed E-state index contributed by atoms with van der Waals surface area (Å²) in [6.45, 7) is 23.6. The molecule has 6 aliphatic rings. The van der Waals surface area contributed by atoms with Crippen molar-refractivity contribution >= 4 is 75.5 Å². The second-order valence-electron chi connectivity index (χ2n) is 27.9. The summed E-state index contributed by atoms with van der Waals surface area (Å²) < 4.78 is 147. The molecule has 0 saturated carbocycles. The maximum Gasteiger partial charge on any atom is 0.416 e. The Bertz CT molecular complexity index is 3810. The number of amides is 1. The number of aliphatic hydroxyl groups is 5. The predicted octanol–water partition coefficient (Wildman–Crippen LogP) is 12.5. The number of carbonyl (C=O) groups excluding carboxylic acids is 1. The van der Waals surface area contributed by atoms with Crippen LogP contribution >= 0.6 is 35.3 Å².